The second kappa shape index (κ2) is 6.16. The third-order valence-electron chi connectivity index (χ3n) is 3.26. The summed E-state index contributed by atoms with van der Waals surface area (Å²) in [4.78, 5) is 0. The van der Waals surface area contributed by atoms with E-state index in [0.717, 1.165) is 32.2 Å². The predicted octanol–water partition coefficient (Wildman–Crippen LogP) is 4.79. The summed E-state index contributed by atoms with van der Waals surface area (Å²) in [7, 11) is 0. The minimum absolute atomic E-state index is 0.583. The topological polar surface area (TPSA) is 30.5 Å². The number of anilines is 1. The number of halogens is 2. The van der Waals surface area contributed by atoms with E-state index in [1.807, 2.05) is 37.3 Å². The maximum atomic E-state index is 6.19. The lowest BCUT2D eigenvalue weighted by Crippen LogP contribution is -2.16. The van der Waals surface area contributed by atoms with Crippen LogP contribution in [0.4, 0.5) is 5.69 Å². The number of benzene rings is 2. The van der Waals surface area contributed by atoms with Crippen molar-refractivity contribution < 1.29 is 9.47 Å². The van der Waals surface area contributed by atoms with Gasteiger partial charge in [0.2, 0.25) is 0 Å². The van der Waals surface area contributed by atoms with Gasteiger partial charge in [-0.25, -0.2) is 0 Å². The molecular weight excluding hydrogens is 354 g/mol. The second-order valence-electron chi connectivity index (χ2n) is 4.94. The van der Waals surface area contributed by atoms with Gasteiger partial charge < -0.3 is 14.8 Å². The summed E-state index contributed by atoms with van der Waals surface area (Å²) in [6, 6.07) is 9.96. The molecule has 5 heteroatoms. The average Bonchev–Trinajstić information content (AvgIpc) is 2.48. The quantitative estimate of drug-likeness (QED) is 0.844. The van der Waals surface area contributed by atoms with E-state index in [4.69, 9.17) is 21.1 Å². The Morgan fingerprint density at radius 3 is 2.86 bits per heavy atom. The fourth-order valence-corrected chi connectivity index (χ4v) is 3.03. The van der Waals surface area contributed by atoms with E-state index in [-0.39, 0.29) is 0 Å². The van der Waals surface area contributed by atoms with Gasteiger partial charge >= 0.3 is 0 Å². The van der Waals surface area contributed by atoms with E-state index < -0.39 is 0 Å². The minimum Gasteiger partial charge on any atom is -0.486 e. The number of hydrogen-bond acceptors (Lipinski definition) is 3. The number of rotatable bonds is 3. The Kier molecular flexibility index (Phi) is 4.27. The van der Waals surface area contributed by atoms with Gasteiger partial charge in [-0.15, -0.1) is 0 Å². The molecule has 2 aromatic carbocycles. The van der Waals surface area contributed by atoms with Crippen molar-refractivity contribution in [1.82, 2.24) is 0 Å². The molecule has 0 spiro atoms. The molecule has 0 amide bonds. The first kappa shape index (κ1) is 14.5. The van der Waals surface area contributed by atoms with Crippen LogP contribution >= 0.6 is 27.5 Å². The minimum atomic E-state index is 0.583. The molecule has 0 saturated carbocycles. The van der Waals surface area contributed by atoms with Crippen molar-refractivity contribution in [2.24, 2.45) is 0 Å². The number of fused-ring (bicyclic) bond motifs is 1. The van der Waals surface area contributed by atoms with E-state index >= 15 is 0 Å². The lowest BCUT2D eigenvalue weighted by Gasteiger charge is -2.20. The Bertz CT molecular complexity index is 676. The van der Waals surface area contributed by atoms with E-state index in [2.05, 4.69) is 21.2 Å². The molecule has 0 atom stereocenters. The molecule has 3 rings (SSSR count). The molecule has 0 aliphatic carbocycles. The standard InChI is InChI=1S/C16H15BrClNO2/c1-10-2-3-13(18)14(6-10)19-9-11-7-12(17)16-15(8-11)20-4-5-21-16/h2-3,6-8,19H,4-5,9H2,1H3. The van der Waals surface area contributed by atoms with E-state index in [1.54, 1.807) is 0 Å². The highest BCUT2D eigenvalue weighted by Crippen LogP contribution is 2.38. The smallest absolute Gasteiger partial charge is 0.175 e. The lowest BCUT2D eigenvalue weighted by atomic mass is 10.1. The fraction of sp³-hybridized carbons (Fsp3) is 0.250. The molecule has 0 bridgehead atoms. The van der Waals surface area contributed by atoms with Gasteiger partial charge in [0.05, 0.1) is 15.2 Å². The van der Waals surface area contributed by atoms with Crippen LogP contribution in [0.25, 0.3) is 0 Å². The monoisotopic (exact) mass is 367 g/mol. The van der Waals surface area contributed by atoms with Gasteiger partial charge in [0.25, 0.3) is 0 Å². The van der Waals surface area contributed by atoms with Crippen molar-refractivity contribution >= 4 is 33.2 Å². The van der Waals surface area contributed by atoms with Crippen LogP contribution in [0.3, 0.4) is 0 Å². The first-order chi connectivity index (χ1) is 10.1. The highest BCUT2D eigenvalue weighted by atomic mass is 79.9. The normalized spacial score (nSPS) is 13.1. The van der Waals surface area contributed by atoms with Crippen LogP contribution in [0, 0.1) is 6.92 Å². The van der Waals surface area contributed by atoms with Crippen molar-refractivity contribution in [2.45, 2.75) is 13.5 Å². The summed E-state index contributed by atoms with van der Waals surface area (Å²) in [6.07, 6.45) is 0. The Hall–Kier alpha value is -1.39. The van der Waals surface area contributed by atoms with Crippen LogP contribution in [0.5, 0.6) is 11.5 Å². The molecule has 21 heavy (non-hydrogen) atoms. The maximum Gasteiger partial charge on any atom is 0.175 e. The van der Waals surface area contributed by atoms with Gasteiger partial charge in [0, 0.05) is 6.54 Å². The molecule has 1 aliphatic rings. The van der Waals surface area contributed by atoms with Crippen molar-refractivity contribution in [3.63, 3.8) is 0 Å². The van der Waals surface area contributed by atoms with Crippen LogP contribution in [0.2, 0.25) is 5.02 Å². The summed E-state index contributed by atoms with van der Waals surface area (Å²) in [6.45, 7) is 3.88. The third-order valence-corrected chi connectivity index (χ3v) is 4.18. The van der Waals surface area contributed by atoms with Crippen molar-refractivity contribution in [2.75, 3.05) is 18.5 Å². The van der Waals surface area contributed by atoms with Crippen molar-refractivity contribution in [3.8, 4) is 11.5 Å². The summed E-state index contributed by atoms with van der Waals surface area (Å²) >= 11 is 9.72. The predicted molar refractivity (Wildman–Crippen MR) is 88.6 cm³/mol. The zero-order valence-corrected chi connectivity index (χ0v) is 13.9. The molecule has 110 valence electrons. The Morgan fingerprint density at radius 1 is 1.19 bits per heavy atom. The number of nitrogens with one attached hydrogen (secondary N) is 1. The van der Waals surface area contributed by atoms with Crippen LogP contribution < -0.4 is 14.8 Å². The molecule has 0 radical (unpaired) electrons. The van der Waals surface area contributed by atoms with Crippen LogP contribution in [0.15, 0.2) is 34.8 Å². The van der Waals surface area contributed by atoms with E-state index in [1.165, 1.54) is 5.56 Å². The lowest BCUT2D eigenvalue weighted by molar-refractivity contribution is 0.170. The summed E-state index contributed by atoms with van der Waals surface area (Å²) in [5.74, 6) is 1.56. The first-order valence-corrected chi connectivity index (χ1v) is 7.88. The molecule has 1 N–H and O–H groups in total. The molecule has 0 fully saturated rings. The zero-order valence-electron chi connectivity index (χ0n) is 11.6. The maximum absolute atomic E-state index is 6.19. The third kappa shape index (κ3) is 3.27. The van der Waals surface area contributed by atoms with Crippen molar-refractivity contribution in [1.29, 1.82) is 0 Å². The van der Waals surface area contributed by atoms with Gasteiger partial charge in [-0.1, -0.05) is 17.7 Å². The first-order valence-electron chi connectivity index (χ1n) is 6.71. The fourth-order valence-electron chi connectivity index (χ4n) is 2.24. The van der Waals surface area contributed by atoms with Gasteiger partial charge in [0.1, 0.15) is 13.2 Å². The number of ether oxygens (including phenoxy) is 2. The van der Waals surface area contributed by atoms with Gasteiger partial charge in [-0.2, -0.15) is 0 Å². The Morgan fingerprint density at radius 2 is 2.00 bits per heavy atom. The highest BCUT2D eigenvalue weighted by molar-refractivity contribution is 9.10. The molecule has 1 heterocycles. The number of aryl methyl sites for hydroxylation is 1. The largest absolute Gasteiger partial charge is 0.486 e. The summed E-state index contributed by atoms with van der Waals surface area (Å²) in [5.41, 5.74) is 3.21. The van der Waals surface area contributed by atoms with Crippen LogP contribution in [0.1, 0.15) is 11.1 Å². The molecule has 3 nitrogen and oxygen atoms in total. The molecule has 0 unspecified atom stereocenters. The zero-order chi connectivity index (χ0) is 14.8. The van der Waals surface area contributed by atoms with Gasteiger partial charge in [-0.3, -0.25) is 0 Å². The van der Waals surface area contributed by atoms with Crippen molar-refractivity contribution in [3.05, 3.63) is 51.0 Å². The Labute approximate surface area is 137 Å². The van der Waals surface area contributed by atoms with E-state index in [0.29, 0.717) is 19.8 Å². The summed E-state index contributed by atoms with van der Waals surface area (Å²) in [5, 5.41) is 4.07. The molecule has 0 aromatic heterocycles. The SMILES string of the molecule is Cc1ccc(Cl)c(NCc2cc(Br)c3c(c2)OCCO3)c1. The van der Waals surface area contributed by atoms with Gasteiger partial charge in [-0.05, 0) is 58.2 Å². The summed E-state index contributed by atoms with van der Waals surface area (Å²) < 4.78 is 12.1. The Balaban J connectivity index is 1.79. The molecule has 1 aliphatic heterocycles. The van der Waals surface area contributed by atoms with Crippen LogP contribution in [-0.2, 0) is 6.54 Å². The average molecular weight is 369 g/mol. The van der Waals surface area contributed by atoms with Crippen LogP contribution in [-0.4, -0.2) is 13.2 Å². The molecular formula is C16H15BrClNO2. The van der Waals surface area contributed by atoms with Gasteiger partial charge in [0.15, 0.2) is 11.5 Å². The highest BCUT2D eigenvalue weighted by Gasteiger charge is 2.16. The molecule has 2 aromatic rings. The van der Waals surface area contributed by atoms with E-state index in [9.17, 15) is 0 Å². The number of hydrogen-bond donors (Lipinski definition) is 1. The molecule has 0 saturated heterocycles. The second-order valence-corrected chi connectivity index (χ2v) is 6.20.